The highest BCUT2D eigenvalue weighted by Gasteiger charge is 2.27. The molecule has 0 saturated heterocycles. The Morgan fingerprint density at radius 3 is 1.72 bits per heavy atom. The third-order valence-electron chi connectivity index (χ3n) is 7.64. The summed E-state index contributed by atoms with van der Waals surface area (Å²) < 4.78 is 6.46. The molecule has 2 unspecified atom stereocenters. The van der Waals surface area contributed by atoms with Crippen molar-refractivity contribution >= 4 is 17.7 Å². The van der Waals surface area contributed by atoms with Crippen molar-refractivity contribution in [2.75, 3.05) is 54.4 Å². The molecular formula is C31H49Br2N5O5. The fourth-order valence-corrected chi connectivity index (χ4v) is 4.66. The minimum atomic E-state index is -0.467. The Labute approximate surface area is 278 Å². The standard InChI is InChI=1S/C31H48N5O5.2BrH/c1-7-35(5,23-27-29(39)17-13-19-32-27)21-25(37)15-11-9-10-12-16-26(38)22-36(6,8-2)24-28-30(18-14-20-33-28)41-31(40)34(3)4;;/h13-14,17-20H,7-12,15-16,21-24H2,1-6H3;2*1H/q+1;;/p-1. The fourth-order valence-electron chi connectivity index (χ4n) is 4.66. The summed E-state index contributed by atoms with van der Waals surface area (Å²) in [5.41, 5.74) is 1.26. The zero-order valence-electron chi connectivity index (χ0n) is 26.5. The molecule has 0 fully saturated rings. The first-order valence-electron chi connectivity index (χ1n) is 14.6. The van der Waals surface area contributed by atoms with Crippen molar-refractivity contribution in [3.05, 3.63) is 48.0 Å². The average Bonchev–Trinajstić information content (AvgIpc) is 2.92. The highest BCUT2D eigenvalue weighted by Crippen LogP contribution is 2.22. The van der Waals surface area contributed by atoms with Gasteiger partial charge in [0.1, 0.15) is 43.3 Å². The van der Waals surface area contributed by atoms with E-state index in [1.54, 1.807) is 50.8 Å². The Morgan fingerprint density at radius 1 is 0.791 bits per heavy atom. The normalized spacial score (nSPS) is 13.4. The third-order valence-corrected chi connectivity index (χ3v) is 7.64. The third kappa shape index (κ3) is 14.3. The Bertz CT molecular complexity index is 1170. The highest BCUT2D eigenvalue weighted by molar-refractivity contribution is 5.80. The van der Waals surface area contributed by atoms with Gasteiger partial charge in [-0.25, -0.2) is 4.79 Å². The number of ketones is 2. The van der Waals surface area contributed by atoms with Crippen LogP contribution >= 0.6 is 0 Å². The van der Waals surface area contributed by atoms with Crippen molar-refractivity contribution < 1.29 is 67.2 Å². The largest absolute Gasteiger partial charge is 1.00 e. The first kappa shape index (κ1) is 40.6. The van der Waals surface area contributed by atoms with Crippen LogP contribution in [0.4, 0.5) is 4.79 Å². The molecule has 0 saturated carbocycles. The van der Waals surface area contributed by atoms with Crippen molar-refractivity contribution in [1.29, 1.82) is 0 Å². The molecule has 2 rings (SSSR count). The van der Waals surface area contributed by atoms with Crippen molar-refractivity contribution in [1.82, 2.24) is 14.9 Å². The Hall–Kier alpha value is -2.41. The topological polar surface area (TPSA) is 110 Å². The van der Waals surface area contributed by atoms with Gasteiger partial charge in [-0.3, -0.25) is 19.6 Å². The quantitative estimate of drug-likeness (QED) is 0.145. The summed E-state index contributed by atoms with van der Waals surface area (Å²) in [6.07, 6.45) is 7.30. The van der Waals surface area contributed by atoms with Crippen LogP contribution in [0.5, 0.6) is 11.5 Å². The number of carbonyl (C=O) groups is 3. The molecule has 10 nitrogen and oxygen atoms in total. The van der Waals surface area contributed by atoms with E-state index in [0.29, 0.717) is 65.1 Å². The van der Waals surface area contributed by atoms with E-state index in [-0.39, 0.29) is 51.3 Å². The molecule has 0 aliphatic heterocycles. The van der Waals surface area contributed by atoms with E-state index in [0.717, 1.165) is 38.8 Å². The summed E-state index contributed by atoms with van der Waals surface area (Å²) in [5.74, 6) is 0.986. The molecule has 1 amide bonds. The van der Waals surface area contributed by atoms with E-state index in [2.05, 4.69) is 9.97 Å². The van der Waals surface area contributed by atoms with Gasteiger partial charge in [0.05, 0.1) is 27.2 Å². The molecule has 43 heavy (non-hydrogen) atoms. The lowest BCUT2D eigenvalue weighted by molar-refractivity contribution is -0.913. The summed E-state index contributed by atoms with van der Waals surface area (Å²) in [4.78, 5) is 47.7. The van der Waals surface area contributed by atoms with Gasteiger partial charge < -0.3 is 57.7 Å². The maximum atomic E-state index is 12.9. The maximum Gasteiger partial charge on any atom is 0.414 e. The number of amides is 1. The number of aromatic nitrogens is 2. The Balaban J connectivity index is 0.00000882. The first-order valence-corrected chi connectivity index (χ1v) is 14.6. The minimum Gasteiger partial charge on any atom is -1.00 e. The number of quaternary nitrogens is 2. The molecule has 2 heterocycles. The van der Waals surface area contributed by atoms with Crippen molar-refractivity contribution in [3.63, 3.8) is 0 Å². The van der Waals surface area contributed by atoms with E-state index in [4.69, 9.17) is 4.74 Å². The zero-order chi connectivity index (χ0) is 30.5. The monoisotopic (exact) mass is 729 g/mol. The van der Waals surface area contributed by atoms with E-state index in [1.807, 2.05) is 27.9 Å². The smallest absolute Gasteiger partial charge is 0.414 e. The second-order valence-electron chi connectivity index (χ2n) is 11.7. The molecule has 0 spiro atoms. The number of unbranched alkanes of at least 4 members (excludes halogenated alkanes) is 3. The highest BCUT2D eigenvalue weighted by atomic mass is 79.9. The zero-order valence-corrected chi connectivity index (χ0v) is 29.7. The predicted octanol–water partition coefficient (Wildman–Crippen LogP) is -1.64. The van der Waals surface area contributed by atoms with Gasteiger partial charge in [0, 0.05) is 39.3 Å². The molecule has 2 atom stereocenters. The number of likely N-dealkylation sites (N-methyl/N-ethyl adjacent to an activating group) is 2. The number of aromatic hydroxyl groups is 1. The van der Waals surface area contributed by atoms with E-state index in [1.165, 1.54) is 4.90 Å². The van der Waals surface area contributed by atoms with Gasteiger partial charge in [-0.05, 0) is 51.0 Å². The van der Waals surface area contributed by atoms with Crippen LogP contribution in [0.25, 0.3) is 0 Å². The minimum absolute atomic E-state index is 0. The molecule has 12 heteroatoms. The average molecular weight is 732 g/mol. The van der Waals surface area contributed by atoms with Gasteiger partial charge in [0.15, 0.2) is 17.3 Å². The molecule has 0 bridgehead atoms. The maximum absolute atomic E-state index is 12.9. The van der Waals surface area contributed by atoms with Crippen LogP contribution in [0.2, 0.25) is 0 Å². The SMILES string of the molecule is CC[N+](C)(CC(=O)CCCCCCC(=O)C[N+](C)(CC)Cc1ncccc1OC(=O)N(C)C)Cc1ncccc1O.[Br-].[Br-]. The van der Waals surface area contributed by atoms with Crippen LogP contribution in [0.15, 0.2) is 36.7 Å². The second kappa shape index (κ2) is 19.8. The lowest BCUT2D eigenvalue weighted by Gasteiger charge is -2.32. The number of rotatable bonds is 18. The molecular weight excluding hydrogens is 682 g/mol. The van der Waals surface area contributed by atoms with Crippen LogP contribution in [-0.4, -0.2) is 101 Å². The molecule has 0 radical (unpaired) electrons. The summed E-state index contributed by atoms with van der Waals surface area (Å²) in [5, 5.41) is 10.1. The van der Waals surface area contributed by atoms with Gasteiger partial charge in [0.25, 0.3) is 0 Å². The summed E-state index contributed by atoms with van der Waals surface area (Å²) >= 11 is 0. The number of Topliss-reactive ketones (excluding diaryl/α,β-unsaturated/α-hetero) is 2. The first-order chi connectivity index (χ1) is 19.4. The van der Waals surface area contributed by atoms with Crippen LogP contribution in [0.1, 0.15) is 63.8 Å². The Morgan fingerprint density at radius 2 is 1.26 bits per heavy atom. The molecule has 242 valence electrons. The van der Waals surface area contributed by atoms with Crippen LogP contribution in [0, 0.1) is 0 Å². The summed E-state index contributed by atoms with van der Waals surface area (Å²) in [6.45, 7) is 7.37. The van der Waals surface area contributed by atoms with Crippen LogP contribution in [-0.2, 0) is 22.7 Å². The van der Waals surface area contributed by atoms with Crippen LogP contribution < -0.4 is 38.7 Å². The molecule has 2 aromatic heterocycles. The van der Waals surface area contributed by atoms with Gasteiger partial charge in [-0.15, -0.1) is 0 Å². The number of hydrogen-bond acceptors (Lipinski definition) is 7. The lowest BCUT2D eigenvalue weighted by Crippen LogP contribution is -3.00. The molecule has 0 aliphatic carbocycles. The van der Waals surface area contributed by atoms with Crippen molar-refractivity contribution in [2.24, 2.45) is 0 Å². The number of hydrogen-bond donors (Lipinski definition) is 1. The van der Waals surface area contributed by atoms with Gasteiger partial charge >= 0.3 is 6.09 Å². The molecule has 2 aromatic rings. The fraction of sp³-hybridized carbons (Fsp3) is 0.581. The Kier molecular flexibility index (Phi) is 18.7. The predicted molar refractivity (Wildman–Crippen MR) is 158 cm³/mol. The molecule has 0 aromatic carbocycles. The van der Waals surface area contributed by atoms with Gasteiger partial charge in [0.2, 0.25) is 0 Å². The molecule has 0 aliphatic rings. The summed E-state index contributed by atoms with van der Waals surface area (Å²) in [7, 11) is 7.29. The van der Waals surface area contributed by atoms with Gasteiger partial charge in [-0.2, -0.15) is 0 Å². The van der Waals surface area contributed by atoms with Crippen LogP contribution in [0.3, 0.4) is 0 Å². The van der Waals surface area contributed by atoms with E-state index < -0.39 is 6.09 Å². The number of nitrogens with zero attached hydrogens (tertiary/aromatic N) is 5. The molecule has 1 N–H and O–H groups in total. The lowest BCUT2D eigenvalue weighted by atomic mass is 10.1. The second-order valence-corrected chi connectivity index (χ2v) is 11.7. The van der Waals surface area contributed by atoms with E-state index in [9.17, 15) is 19.5 Å². The number of halogens is 2. The van der Waals surface area contributed by atoms with E-state index >= 15 is 0 Å². The van der Waals surface area contributed by atoms with Crippen molar-refractivity contribution in [2.45, 2.75) is 65.5 Å². The van der Waals surface area contributed by atoms with Gasteiger partial charge in [-0.1, -0.05) is 12.8 Å². The number of carbonyl (C=O) groups excluding carboxylic acids is 3. The number of pyridine rings is 2. The summed E-state index contributed by atoms with van der Waals surface area (Å²) in [6, 6.07) is 6.77. The van der Waals surface area contributed by atoms with Crippen molar-refractivity contribution in [3.8, 4) is 11.5 Å². The number of ether oxygens (including phenoxy) is 1.